The zero-order valence-electron chi connectivity index (χ0n) is 10.7. The third-order valence-corrected chi connectivity index (χ3v) is 4.58. The molecule has 0 atom stereocenters. The number of hydrogen-bond acceptors (Lipinski definition) is 6. The second kappa shape index (κ2) is 6.43. The largest absolute Gasteiger partial charge is 0.494 e. The number of amides is 1. The summed E-state index contributed by atoms with van der Waals surface area (Å²) in [5, 5.41) is 3.53. The molecule has 0 spiro atoms. The van der Waals surface area contributed by atoms with Crippen LogP contribution >= 0.6 is 34.7 Å². The van der Waals surface area contributed by atoms with Crippen molar-refractivity contribution >= 4 is 61.1 Å². The smallest absolute Gasteiger partial charge is 0.236 e. The minimum atomic E-state index is -0.278. The number of fused-ring (bicyclic) bond motifs is 1. The number of halogens is 1. The van der Waals surface area contributed by atoms with Gasteiger partial charge in [0.1, 0.15) is 11.3 Å². The monoisotopic (exact) mass is 330 g/mol. The summed E-state index contributed by atoms with van der Waals surface area (Å²) in [6.07, 6.45) is 0. The zero-order valence-corrected chi connectivity index (χ0v) is 13.1. The van der Waals surface area contributed by atoms with Crippen molar-refractivity contribution in [1.82, 2.24) is 4.98 Å². The normalized spacial score (nSPS) is 10.6. The van der Waals surface area contributed by atoms with Crippen molar-refractivity contribution < 1.29 is 14.3 Å². The summed E-state index contributed by atoms with van der Waals surface area (Å²) in [4.78, 5) is 26.8. The Kier molecular flexibility index (Phi) is 4.85. The van der Waals surface area contributed by atoms with E-state index in [0.717, 1.165) is 16.5 Å². The molecule has 0 saturated carbocycles. The quantitative estimate of drug-likeness (QED) is 0.932. The number of ether oxygens (including phenoxy) is 1. The maximum Gasteiger partial charge on any atom is 0.236 e. The lowest BCUT2D eigenvalue weighted by Gasteiger charge is -2.00. The Hall–Kier alpha value is -1.31. The highest BCUT2D eigenvalue weighted by Crippen LogP contribution is 2.37. The van der Waals surface area contributed by atoms with Crippen LogP contribution in [0.2, 0.25) is 5.02 Å². The van der Waals surface area contributed by atoms with Gasteiger partial charge in [-0.25, -0.2) is 4.98 Å². The Labute approximate surface area is 128 Å². The number of anilines is 1. The van der Waals surface area contributed by atoms with Crippen molar-refractivity contribution in [2.75, 3.05) is 18.2 Å². The Balaban J connectivity index is 2.21. The third kappa shape index (κ3) is 3.41. The average Bonchev–Trinajstić information content (AvgIpc) is 2.81. The number of thiazole rings is 1. The highest BCUT2D eigenvalue weighted by molar-refractivity contribution is 8.14. The van der Waals surface area contributed by atoms with Gasteiger partial charge in [-0.3, -0.25) is 9.59 Å². The first kappa shape index (κ1) is 15.1. The number of methoxy groups -OCH3 is 1. The maximum atomic E-state index is 11.7. The van der Waals surface area contributed by atoms with E-state index in [1.807, 2.05) is 0 Å². The number of nitrogens with zero attached hydrogens (tertiary/aromatic N) is 1. The van der Waals surface area contributed by atoms with E-state index < -0.39 is 0 Å². The van der Waals surface area contributed by atoms with Gasteiger partial charge in [-0.1, -0.05) is 34.7 Å². The summed E-state index contributed by atoms with van der Waals surface area (Å²) >= 11 is 8.31. The summed E-state index contributed by atoms with van der Waals surface area (Å²) in [6, 6.07) is 3.44. The molecule has 1 N–H and O–H groups in total. The Morgan fingerprint density at radius 2 is 2.25 bits per heavy atom. The van der Waals surface area contributed by atoms with Crippen LogP contribution in [0.3, 0.4) is 0 Å². The average molecular weight is 331 g/mol. The number of nitrogens with one attached hydrogen (secondary N) is 1. The number of thioether (sulfide) groups is 1. The third-order valence-electron chi connectivity index (χ3n) is 2.33. The van der Waals surface area contributed by atoms with Crippen molar-refractivity contribution in [2.45, 2.75) is 6.92 Å². The molecule has 0 radical (unpaired) electrons. The SMILES string of the molecule is COc1ccc(Cl)c2sc(NC(=O)CSC(C)=O)nc12. The standard InChI is InChI=1S/C12H11ClN2O3S2/c1-6(16)19-5-9(17)14-12-15-10-8(18-2)4-3-7(13)11(10)20-12/h3-4H,5H2,1-2H3,(H,14,15,17). The van der Waals surface area contributed by atoms with E-state index in [9.17, 15) is 9.59 Å². The van der Waals surface area contributed by atoms with Crippen LogP contribution in [0.15, 0.2) is 12.1 Å². The highest BCUT2D eigenvalue weighted by atomic mass is 35.5. The molecule has 1 heterocycles. The van der Waals surface area contributed by atoms with Gasteiger partial charge in [-0.15, -0.1) is 0 Å². The molecule has 106 valence electrons. The molecule has 5 nitrogen and oxygen atoms in total. The van der Waals surface area contributed by atoms with Crippen LogP contribution in [0.1, 0.15) is 6.92 Å². The molecule has 0 saturated heterocycles. The molecule has 1 amide bonds. The van der Waals surface area contributed by atoms with Crippen molar-refractivity contribution in [3.63, 3.8) is 0 Å². The van der Waals surface area contributed by atoms with E-state index in [1.165, 1.54) is 18.3 Å². The lowest BCUT2D eigenvalue weighted by Crippen LogP contribution is -2.14. The zero-order chi connectivity index (χ0) is 14.7. The van der Waals surface area contributed by atoms with Crippen LogP contribution in [0, 0.1) is 0 Å². The van der Waals surface area contributed by atoms with E-state index >= 15 is 0 Å². The van der Waals surface area contributed by atoms with Gasteiger partial charge >= 0.3 is 0 Å². The number of benzene rings is 1. The molecular weight excluding hydrogens is 320 g/mol. The van der Waals surface area contributed by atoms with Gasteiger partial charge in [0.05, 0.1) is 22.6 Å². The Morgan fingerprint density at radius 1 is 1.50 bits per heavy atom. The van der Waals surface area contributed by atoms with Crippen LogP contribution in [0.5, 0.6) is 5.75 Å². The predicted octanol–water partition coefficient (Wildman–Crippen LogP) is 3.18. The first-order chi connectivity index (χ1) is 9.51. The summed E-state index contributed by atoms with van der Waals surface area (Å²) in [7, 11) is 1.55. The van der Waals surface area contributed by atoms with Gasteiger partial charge in [0.25, 0.3) is 0 Å². The fourth-order valence-electron chi connectivity index (χ4n) is 1.49. The minimum absolute atomic E-state index is 0.0656. The van der Waals surface area contributed by atoms with Crippen LogP contribution in [0.4, 0.5) is 5.13 Å². The number of carbonyl (C=O) groups is 2. The summed E-state index contributed by atoms with van der Waals surface area (Å²) in [6.45, 7) is 1.42. The van der Waals surface area contributed by atoms with Crippen LogP contribution in [-0.4, -0.2) is 28.9 Å². The van der Waals surface area contributed by atoms with Crippen molar-refractivity contribution in [2.24, 2.45) is 0 Å². The molecule has 2 rings (SSSR count). The van der Waals surface area contributed by atoms with Gasteiger partial charge in [-0.2, -0.15) is 0 Å². The van der Waals surface area contributed by atoms with Gasteiger partial charge in [0.15, 0.2) is 10.2 Å². The molecule has 0 aliphatic heterocycles. The molecule has 1 aromatic heterocycles. The number of carbonyl (C=O) groups excluding carboxylic acids is 2. The second-order valence-electron chi connectivity index (χ2n) is 3.77. The van der Waals surface area contributed by atoms with E-state index in [0.29, 0.717) is 21.4 Å². The summed E-state index contributed by atoms with van der Waals surface area (Å²) in [5.74, 6) is 0.384. The number of rotatable bonds is 4. The number of hydrogen-bond donors (Lipinski definition) is 1. The maximum absolute atomic E-state index is 11.7. The predicted molar refractivity (Wildman–Crippen MR) is 83.0 cm³/mol. The first-order valence-corrected chi connectivity index (χ1v) is 7.75. The topological polar surface area (TPSA) is 68.3 Å². The van der Waals surface area contributed by atoms with Gasteiger partial charge in [0.2, 0.25) is 5.91 Å². The molecule has 0 aliphatic carbocycles. The number of aromatic nitrogens is 1. The van der Waals surface area contributed by atoms with E-state index in [4.69, 9.17) is 16.3 Å². The van der Waals surface area contributed by atoms with E-state index in [2.05, 4.69) is 10.3 Å². The Morgan fingerprint density at radius 3 is 2.90 bits per heavy atom. The van der Waals surface area contributed by atoms with Crippen molar-refractivity contribution in [3.8, 4) is 5.75 Å². The first-order valence-electron chi connectivity index (χ1n) is 5.57. The van der Waals surface area contributed by atoms with Gasteiger partial charge < -0.3 is 10.1 Å². The van der Waals surface area contributed by atoms with Crippen LogP contribution in [0.25, 0.3) is 10.2 Å². The molecule has 0 aliphatic rings. The van der Waals surface area contributed by atoms with E-state index in [-0.39, 0.29) is 16.8 Å². The molecule has 8 heteroatoms. The molecule has 0 bridgehead atoms. The van der Waals surface area contributed by atoms with Crippen LogP contribution in [-0.2, 0) is 9.59 Å². The van der Waals surface area contributed by atoms with Crippen LogP contribution < -0.4 is 10.1 Å². The lowest BCUT2D eigenvalue weighted by atomic mass is 10.3. The highest BCUT2D eigenvalue weighted by Gasteiger charge is 2.14. The van der Waals surface area contributed by atoms with Gasteiger partial charge in [0, 0.05) is 6.92 Å². The fraction of sp³-hybridized carbons (Fsp3) is 0.250. The molecule has 0 unspecified atom stereocenters. The fourth-order valence-corrected chi connectivity index (χ4v) is 3.07. The Bertz CT molecular complexity index is 672. The molecular formula is C12H11ClN2O3S2. The van der Waals surface area contributed by atoms with Crippen molar-refractivity contribution in [1.29, 1.82) is 0 Å². The lowest BCUT2D eigenvalue weighted by molar-refractivity contribution is -0.114. The second-order valence-corrected chi connectivity index (χ2v) is 6.33. The van der Waals surface area contributed by atoms with Crippen molar-refractivity contribution in [3.05, 3.63) is 17.2 Å². The summed E-state index contributed by atoms with van der Waals surface area (Å²) in [5.41, 5.74) is 0.611. The summed E-state index contributed by atoms with van der Waals surface area (Å²) < 4.78 is 5.95. The van der Waals surface area contributed by atoms with Gasteiger partial charge in [-0.05, 0) is 12.1 Å². The molecule has 1 aromatic carbocycles. The molecule has 20 heavy (non-hydrogen) atoms. The van der Waals surface area contributed by atoms with E-state index in [1.54, 1.807) is 19.2 Å². The minimum Gasteiger partial charge on any atom is -0.494 e. The molecule has 2 aromatic rings. The molecule has 0 fully saturated rings.